The van der Waals surface area contributed by atoms with Gasteiger partial charge in [0.25, 0.3) is 0 Å². The first-order valence-corrected chi connectivity index (χ1v) is 12.5. The maximum absolute atomic E-state index is 13.0. The lowest BCUT2D eigenvalue weighted by atomic mass is 10.0. The van der Waals surface area contributed by atoms with E-state index in [-0.39, 0.29) is 0 Å². The van der Waals surface area contributed by atoms with Crippen LogP contribution < -0.4 is 4.74 Å². The number of ether oxygens (including phenoxy) is 1. The van der Waals surface area contributed by atoms with Gasteiger partial charge in [-0.05, 0) is 55.8 Å². The van der Waals surface area contributed by atoms with E-state index in [9.17, 15) is 8.42 Å². The van der Waals surface area contributed by atoms with Crippen LogP contribution in [0, 0.1) is 11.3 Å². The molecule has 2 aliphatic rings. The number of piperidine rings is 1. The Balaban J connectivity index is 1.28. The number of hydrogen-bond acceptors (Lipinski definition) is 6. The number of sulfonamides is 1. The number of nitrogens with zero attached hydrogens (tertiary/aromatic N) is 4. The van der Waals surface area contributed by atoms with Crippen molar-refractivity contribution in [2.75, 3.05) is 46.4 Å². The first-order chi connectivity index (χ1) is 15.5. The van der Waals surface area contributed by atoms with Crippen LogP contribution in [-0.2, 0) is 16.6 Å². The Hall–Kier alpha value is -2.44. The molecule has 0 radical (unpaired) electrons. The third-order valence-electron chi connectivity index (χ3n) is 6.49. The molecule has 0 spiro atoms. The summed E-state index contributed by atoms with van der Waals surface area (Å²) in [6, 6.07) is 17.2. The van der Waals surface area contributed by atoms with Gasteiger partial charge in [-0.3, -0.25) is 9.80 Å². The van der Waals surface area contributed by atoms with Gasteiger partial charge in [-0.15, -0.1) is 0 Å². The second kappa shape index (κ2) is 10.0. The van der Waals surface area contributed by atoms with Crippen molar-refractivity contribution in [3.63, 3.8) is 0 Å². The molecule has 0 aromatic heterocycles. The van der Waals surface area contributed by atoms with E-state index in [0.717, 1.165) is 45.6 Å². The van der Waals surface area contributed by atoms with Gasteiger partial charge in [0, 0.05) is 44.8 Å². The molecule has 4 rings (SSSR count). The predicted molar refractivity (Wildman–Crippen MR) is 123 cm³/mol. The van der Waals surface area contributed by atoms with Crippen LogP contribution in [0.3, 0.4) is 0 Å². The predicted octanol–water partition coefficient (Wildman–Crippen LogP) is 2.54. The topological polar surface area (TPSA) is 76.9 Å². The second-order valence-corrected chi connectivity index (χ2v) is 10.4. The Labute approximate surface area is 190 Å². The van der Waals surface area contributed by atoms with E-state index in [0.29, 0.717) is 35.3 Å². The lowest BCUT2D eigenvalue weighted by molar-refractivity contribution is 0.0786. The molecular formula is C24H30N4O3S. The molecule has 7 nitrogen and oxygen atoms in total. The fourth-order valence-corrected chi connectivity index (χ4v) is 6.12. The van der Waals surface area contributed by atoms with Gasteiger partial charge < -0.3 is 4.74 Å². The van der Waals surface area contributed by atoms with Crippen molar-refractivity contribution in [1.29, 1.82) is 5.26 Å². The summed E-state index contributed by atoms with van der Waals surface area (Å²) in [6.07, 6.45) is 2.17. The minimum absolute atomic E-state index is 0.291. The molecule has 2 aromatic carbocycles. The third kappa shape index (κ3) is 5.13. The van der Waals surface area contributed by atoms with Gasteiger partial charge in [0.1, 0.15) is 5.75 Å². The van der Waals surface area contributed by atoms with Gasteiger partial charge in [-0.25, -0.2) is 8.42 Å². The highest BCUT2D eigenvalue weighted by atomic mass is 32.2. The van der Waals surface area contributed by atoms with E-state index >= 15 is 0 Å². The molecule has 170 valence electrons. The quantitative estimate of drug-likeness (QED) is 0.668. The van der Waals surface area contributed by atoms with Gasteiger partial charge in [-0.2, -0.15) is 9.57 Å². The monoisotopic (exact) mass is 454 g/mol. The number of piperazine rings is 1. The molecule has 2 fully saturated rings. The molecule has 2 saturated heterocycles. The average molecular weight is 455 g/mol. The molecule has 32 heavy (non-hydrogen) atoms. The summed E-state index contributed by atoms with van der Waals surface area (Å²) in [4.78, 5) is 5.18. The fourth-order valence-electron chi connectivity index (χ4n) is 4.66. The van der Waals surface area contributed by atoms with E-state index < -0.39 is 10.0 Å². The van der Waals surface area contributed by atoms with Gasteiger partial charge in [-0.1, -0.05) is 18.2 Å². The van der Waals surface area contributed by atoms with Crippen LogP contribution in [0.4, 0.5) is 0 Å². The van der Waals surface area contributed by atoms with Gasteiger partial charge in [0.05, 0.1) is 23.6 Å². The van der Waals surface area contributed by atoms with Crippen LogP contribution in [0.2, 0.25) is 0 Å². The van der Waals surface area contributed by atoms with Crippen molar-refractivity contribution in [3.8, 4) is 11.8 Å². The lowest BCUT2D eigenvalue weighted by Crippen LogP contribution is -2.54. The molecule has 0 atom stereocenters. The Morgan fingerprint density at radius 3 is 2.41 bits per heavy atom. The Morgan fingerprint density at radius 1 is 1.00 bits per heavy atom. The van der Waals surface area contributed by atoms with Crippen molar-refractivity contribution in [2.45, 2.75) is 30.3 Å². The number of likely N-dealkylation sites (tertiary alicyclic amines) is 1. The zero-order valence-corrected chi connectivity index (χ0v) is 19.3. The van der Waals surface area contributed by atoms with E-state index in [4.69, 9.17) is 10.00 Å². The highest BCUT2D eigenvalue weighted by Gasteiger charge is 2.32. The number of benzene rings is 2. The van der Waals surface area contributed by atoms with Crippen LogP contribution in [0.25, 0.3) is 0 Å². The molecule has 2 aromatic rings. The highest BCUT2D eigenvalue weighted by Crippen LogP contribution is 2.24. The van der Waals surface area contributed by atoms with Gasteiger partial charge >= 0.3 is 0 Å². The molecule has 0 unspecified atom stereocenters. The average Bonchev–Trinajstić information content (AvgIpc) is 2.85. The normalized spacial score (nSPS) is 19.5. The molecule has 0 saturated carbocycles. The van der Waals surface area contributed by atoms with Gasteiger partial charge in [0.15, 0.2) is 0 Å². The minimum Gasteiger partial charge on any atom is -0.497 e. The van der Waals surface area contributed by atoms with Crippen LogP contribution >= 0.6 is 0 Å². The Kier molecular flexibility index (Phi) is 7.11. The SMILES string of the molecule is COc1cccc(S(=O)(=O)N2CCN(C3CCN(Cc4cccc(C#N)c4)CC3)CC2)c1. The highest BCUT2D eigenvalue weighted by molar-refractivity contribution is 7.89. The van der Waals surface area contributed by atoms with Crippen molar-refractivity contribution >= 4 is 10.0 Å². The maximum atomic E-state index is 13.0. The van der Waals surface area contributed by atoms with E-state index in [1.165, 1.54) is 5.56 Å². The molecule has 0 amide bonds. The maximum Gasteiger partial charge on any atom is 0.243 e. The zero-order valence-electron chi connectivity index (χ0n) is 18.5. The summed E-state index contributed by atoms with van der Waals surface area (Å²) < 4.78 is 32.8. The lowest BCUT2D eigenvalue weighted by Gasteiger charge is -2.42. The summed E-state index contributed by atoms with van der Waals surface area (Å²) in [5.74, 6) is 0.552. The van der Waals surface area contributed by atoms with Crippen molar-refractivity contribution in [2.24, 2.45) is 0 Å². The van der Waals surface area contributed by atoms with E-state index in [1.54, 1.807) is 35.7 Å². The van der Waals surface area contributed by atoms with Crippen molar-refractivity contribution in [1.82, 2.24) is 14.1 Å². The summed E-state index contributed by atoms with van der Waals surface area (Å²) in [5.41, 5.74) is 1.89. The summed E-state index contributed by atoms with van der Waals surface area (Å²) in [7, 11) is -1.96. The number of rotatable bonds is 6. The summed E-state index contributed by atoms with van der Waals surface area (Å²) >= 11 is 0. The van der Waals surface area contributed by atoms with Crippen molar-refractivity contribution in [3.05, 3.63) is 59.7 Å². The van der Waals surface area contributed by atoms with Crippen molar-refractivity contribution < 1.29 is 13.2 Å². The number of hydrogen-bond donors (Lipinski definition) is 0. The standard InChI is InChI=1S/C24H30N4O3S/c1-31-23-6-3-7-24(17-23)32(29,30)28-14-12-27(13-15-28)22-8-10-26(11-9-22)19-21-5-2-4-20(16-21)18-25/h2-7,16-17,22H,8-15,19H2,1H3. The first-order valence-electron chi connectivity index (χ1n) is 11.1. The Morgan fingerprint density at radius 2 is 1.72 bits per heavy atom. The fraction of sp³-hybridized carbons (Fsp3) is 0.458. The first kappa shape index (κ1) is 22.7. The van der Waals surface area contributed by atoms with Crippen LogP contribution in [0.1, 0.15) is 24.0 Å². The smallest absolute Gasteiger partial charge is 0.243 e. The molecule has 0 aliphatic carbocycles. The molecule has 0 N–H and O–H groups in total. The largest absolute Gasteiger partial charge is 0.497 e. The molecule has 0 bridgehead atoms. The van der Waals surface area contributed by atoms with Gasteiger partial charge in [0.2, 0.25) is 10.0 Å². The Bertz CT molecular complexity index is 1070. The number of methoxy groups -OCH3 is 1. The molecular weight excluding hydrogens is 424 g/mol. The van der Waals surface area contributed by atoms with Crippen LogP contribution in [0.15, 0.2) is 53.4 Å². The zero-order chi connectivity index (χ0) is 22.6. The third-order valence-corrected chi connectivity index (χ3v) is 8.38. The van der Waals surface area contributed by atoms with Crippen LogP contribution in [0.5, 0.6) is 5.75 Å². The number of nitriles is 1. The molecule has 2 aliphatic heterocycles. The molecule has 2 heterocycles. The van der Waals surface area contributed by atoms with E-state index in [1.807, 2.05) is 18.2 Å². The minimum atomic E-state index is -3.50. The summed E-state index contributed by atoms with van der Waals surface area (Å²) in [5, 5.41) is 9.09. The summed E-state index contributed by atoms with van der Waals surface area (Å²) in [6.45, 7) is 5.46. The van der Waals surface area contributed by atoms with E-state index in [2.05, 4.69) is 21.9 Å². The second-order valence-electron chi connectivity index (χ2n) is 8.44. The van der Waals surface area contributed by atoms with Crippen LogP contribution in [-0.4, -0.2) is 74.9 Å². The molecule has 8 heteroatoms.